The van der Waals surface area contributed by atoms with E-state index in [-0.39, 0.29) is 17.5 Å². The summed E-state index contributed by atoms with van der Waals surface area (Å²) < 4.78 is 13.1. The molecule has 4 N–H and O–H groups in total. The molecule has 5 nitrogen and oxygen atoms in total. The van der Waals surface area contributed by atoms with Crippen LogP contribution in [-0.2, 0) is 0 Å². The van der Waals surface area contributed by atoms with Crippen LogP contribution in [0, 0.1) is 12.7 Å². The number of nitrogen functional groups attached to an aromatic ring is 1. The molecule has 1 amide bonds. The molecule has 0 aliphatic rings. The zero-order valence-electron chi connectivity index (χ0n) is 10.5. The Labute approximate surface area is 113 Å². The highest BCUT2D eigenvalue weighted by Gasteiger charge is 2.16. The largest absolute Gasteiger partial charge is 0.382 e. The van der Waals surface area contributed by atoms with Gasteiger partial charge in [0.25, 0.3) is 5.91 Å². The maximum atomic E-state index is 13.1. The van der Waals surface area contributed by atoms with Crippen LogP contribution in [0.3, 0.4) is 0 Å². The van der Waals surface area contributed by atoms with E-state index < -0.39 is 0 Å². The Morgan fingerprint density at radius 1 is 1.47 bits per heavy atom. The number of thiazole rings is 1. The van der Waals surface area contributed by atoms with Crippen molar-refractivity contribution in [2.75, 3.05) is 23.4 Å². The number of nitrogens with two attached hydrogens (primary N) is 1. The minimum absolute atomic E-state index is 0.172. The Hall–Kier alpha value is -2.15. The van der Waals surface area contributed by atoms with Crippen molar-refractivity contribution < 1.29 is 9.18 Å². The number of benzene rings is 1. The van der Waals surface area contributed by atoms with E-state index in [2.05, 4.69) is 15.6 Å². The minimum Gasteiger partial charge on any atom is -0.382 e. The molecule has 0 bridgehead atoms. The van der Waals surface area contributed by atoms with Gasteiger partial charge in [-0.1, -0.05) is 11.3 Å². The van der Waals surface area contributed by atoms with Crippen LogP contribution in [0.1, 0.15) is 15.2 Å². The predicted molar refractivity (Wildman–Crippen MR) is 75.2 cm³/mol. The summed E-state index contributed by atoms with van der Waals surface area (Å²) in [6, 6.07) is 4.36. The van der Waals surface area contributed by atoms with E-state index in [1.807, 2.05) is 0 Å². The predicted octanol–water partition coefficient (Wildman–Crippen LogP) is 2.47. The molecule has 2 rings (SSSR count). The standard InChI is InChI=1S/C12H13FN4OS/c1-6-5-7(3-4-8(6)13)16-11(18)9-10(14)17-12(15-2)19-9/h3-5H,14H2,1-2H3,(H,15,17)(H,16,18). The van der Waals surface area contributed by atoms with E-state index in [9.17, 15) is 9.18 Å². The summed E-state index contributed by atoms with van der Waals surface area (Å²) in [5.74, 6) is -0.499. The number of anilines is 3. The van der Waals surface area contributed by atoms with E-state index in [1.165, 1.54) is 12.1 Å². The molecule has 0 fully saturated rings. The summed E-state index contributed by atoms with van der Waals surface area (Å²) in [6.07, 6.45) is 0. The number of nitrogens with zero attached hydrogens (tertiary/aromatic N) is 1. The van der Waals surface area contributed by atoms with Gasteiger partial charge in [-0.05, 0) is 30.7 Å². The van der Waals surface area contributed by atoms with Crippen molar-refractivity contribution in [2.45, 2.75) is 6.92 Å². The Bertz CT molecular complexity index is 626. The van der Waals surface area contributed by atoms with Crippen molar-refractivity contribution in [1.82, 2.24) is 4.98 Å². The third-order valence-electron chi connectivity index (χ3n) is 2.49. The van der Waals surface area contributed by atoms with E-state index in [0.29, 0.717) is 21.3 Å². The fourth-order valence-electron chi connectivity index (χ4n) is 1.51. The molecular formula is C12H13FN4OS. The molecule has 100 valence electrons. The van der Waals surface area contributed by atoms with E-state index in [1.54, 1.807) is 20.0 Å². The average Bonchev–Trinajstić information content (AvgIpc) is 2.75. The van der Waals surface area contributed by atoms with Crippen LogP contribution >= 0.6 is 11.3 Å². The van der Waals surface area contributed by atoms with Crippen LogP contribution in [0.2, 0.25) is 0 Å². The molecule has 2 aromatic rings. The molecule has 19 heavy (non-hydrogen) atoms. The van der Waals surface area contributed by atoms with E-state index >= 15 is 0 Å². The minimum atomic E-state index is -0.359. The first kappa shape index (κ1) is 13.3. The fraction of sp³-hybridized carbons (Fsp3) is 0.167. The Balaban J connectivity index is 2.20. The highest BCUT2D eigenvalue weighted by molar-refractivity contribution is 7.18. The monoisotopic (exact) mass is 280 g/mol. The van der Waals surface area contributed by atoms with Crippen LogP contribution in [0.25, 0.3) is 0 Å². The first-order chi connectivity index (χ1) is 9.01. The van der Waals surface area contributed by atoms with Gasteiger partial charge in [-0.3, -0.25) is 4.79 Å². The fourth-order valence-corrected chi connectivity index (χ4v) is 2.25. The molecule has 7 heteroatoms. The van der Waals surface area contributed by atoms with Gasteiger partial charge >= 0.3 is 0 Å². The molecule has 0 unspecified atom stereocenters. The molecule has 0 saturated carbocycles. The molecular weight excluding hydrogens is 267 g/mol. The van der Waals surface area contributed by atoms with Crippen LogP contribution in [0.4, 0.5) is 21.0 Å². The number of hydrogen-bond donors (Lipinski definition) is 3. The van der Waals surface area contributed by atoms with Gasteiger partial charge < -0.3 is 16.4 Å². The molecule has 0 atom stereocenters. The van der Waals surface area contributed by atoms with Gasteiger partial charge in [0.15, 0.2) is 5.13 Å². The van der Waals surface area contributed by atoms with Gasteiger partial charge in [0.05, 0.1) is 0 Å². The van der Waals surface area contributed by atoms with E-state index in [0.717, 1.165) is 11.3 Å². The van der Waals surface area contributed by atoms with Crippen molar-refractivity contribution in [3.63, 3.8) is 0 Å². The number of halogens is 1. The van der Waals surface area contributed by atoms with Crippen LogP contribution in [-0.4, -0.2) is 17.9 Å². The number of aromatic nitrogens is 1. The Morgan fingerprint density at radius 2 is 2.21 bits per heavy atom. The maximum absolute atomic E-state index is 13.1. The van der Waals surface area contributed by atoms with Gasteiger partial charge in [-0.2, -0.15) is 0 Å². The van der Waals surface area contributed by atoms with Crippen LogP contribution < -0.4 is 16.4 Å². The van der Waals surface area contributed by atoms with Crippen molar-refractivity contribution in [3.8, 4) is 0 Å². The second-order valence-electron chi connectivity index (χ2n) is 3.90. The molecule has 0 aliphatic carbocycles. The summed E-state index contributed by atoms with van der Waals surface area (Å²) in [4.78, 5) is 16.3. The first-order valence-electron chi connectivity index (χ1n) is 5.53. The maximum Gasteiger partial charge on any atom is 0.269 e. The quantitative estimate of drug-likeness (QED) is 0.807. The first-order valence-corrected chi connectivity index (χ1v) is 6.34. The lowest BCUT2D eigenvalue weighted by Crippen LogP contribution is -2.12. The lowest BCUT2D eigenvalue weighted by molar-refractivity contribution is 0.103. The third-order valence-corrected chi connectivity index (χ3v) is 3.58. The second kappa shape index (κ2) is 5.23. The van der Waals surface area contributed by atoms with Gasteiger partial charge in [-0.25, -0.2) is 9.37 Å². The van der Waals surface area contributed by atoms with Crippen molar-refractivity contribution in [3.05, 3.63) is 34.5 Å². The number of hydrogen-bond acceptors (Lipinski definition) is 5. The highest BCUT2D eigenvalue weighted by atomic mass is 32.1. The summed E-state index contributed by atoms with van der Waals surface area (Å²) in [5, 5.41) is 6.05. The van der Waals surface area contributed by atoms with Gasteiger partial charge in [-0.15, -0.1) is 0 Å². The van der Waals surface area contributed by atoms with Crippen LogP contribution in [0.5, 0.6) is 0 Å². The van der Waals surface area contributed by atoms with Gasteiger partial charge in [0.1, 0.15) is 16.5 Å². The topological polar surface area (TPSA) is 80.0 Å². The highest BCUT2D eigenvalue weighted by Crippen LogP contribution is 2.25. The van der Waals surface area contributed by atoms with E-state index in [4.69, 9.17) is 5.73 Å². The normalized spacial score (nSPS) is 10.3. The Kier molecular flexibility index (Phi) is 3.66. The van der Waals surface area contributed by atoms with Gasteiger partial charge in [0, 0.05) is 12.7 Å². The zero-order chi connectivity index (χ0) is 14.0. The molecule has 0 spiro atoms. The number of amides is 1. The number of nitrogens with one attached hydrogen (secondary N) is 2. The summed E-state index contributed by atoms with van der Waals surface area (Å²) in [6.45, 7) is 1.63. The lowest BCUT2D eigenvalue weighted by Gasteiger charge is -2.05. The average molecular weight is 280 g/mol. The smallest absolute Gasteiger partial charge is 0.269 e. The number of carbonyl (C=O) groups excluding carboxylic acids is 1. The SMILES string of the molecule is CNc1nc(N)c(C(=O)Nc2ccc(F)c(C)c2)s1. The Morgan fingerprint density at radius 3 is 2.79 bits per heavy atom. The molecule has 1 aromatic heterocycles. The summed E-state index contributed by atoms with van der Waals surface area (Å²) >= 11 is 1.16. The van der Waals surface area contributed by atoms with Crippen LogP contribution in [0.15, 0.2) is 18.2 Å². The number of aryl methyl sites for hydroxylation is 1. The molecule has 1 heterocycles. The molecule has 1 aromatic carbocycles. The number of carbonyl (C=O) groups is 1. The van der Waals surface area contributed by atoms with Crippen molar-refractivity contribution in [2.24, 2.45) is 0 Å². The van der Waals surface area contributed by atoms with Gasteiger partial charge in [0.2, 0.25) is 0 Å². The number of rotatable bonds is 3. The summed E-state index contributed by atoms with van der Waals surface area (Å²) in [7, 11) is 1.70. The zero-order valence-corrected chi connectivity index (χ0v) is 11.3. The second-order valence-corrected chi connectivity index (χ2v) is 4.90. The summed E-state index contributed by atoms with van der Waals surface area (Å²) in [5.41, 5.74) is 6.64. The lowest BCUT2D eigenvalue weighted by atomic mass is 10.2. The molecule has 0 saturated heterocycles. The molecule has 0 aliphatic heterocycles. The van der Waals surface area contributed by atoms with Crippen molar-refractivity contribution >= 4 is 33.9 Å². The van der Waals surface area contributed by atoms with Crippen molar-refractivity contribution in [1.29, 1.82) is 0 Å². The third kappa shape index (κ3) is 2.82. The molecule has 0 radical (unpaired) electrons.